The molecule has 2 aromatic carbocycles. The number of H-pyrrole nitrogens is 1. The molecule has 2 amide bonds. The number of carbonyl (C=O) groups excluding carboxylic acids is 2. The lowest BCUT2D eigenvalue weighted by atomic mass is 9.96. The van der Waals surface area contributed by atoms with Gasteiger partial charge in [0.15, 0.2) is 0 Å². The number of piperidine rings is 1. The predicted molar refractivity (Wildman–Crippen MR) is 159 cm³/mol. The topological polar surface area (TPSA) is 121 Å². The molecule has 3 heterocycles. The number of amides is 2. The molecule has 10 nitrogen and oxygen atoms in total. The van der Waals surface area contributed by atoms with Crippen LogP contribution in [0.25, 0.3) is 22.2 Å². The maximum atomic E-state index is 14.9. The third-order valence-electron chi connectivity index (χ3n) is 8.16. The third-order valence-corrected chi connectivity index (χ3v) is 8.16. The molecule has 0 spiro atoms. The van der Waals surface area contributed by atoms with Gasteiger partial charge in [0.25, 0.3) is 11.8 Å². The summed E-state index contributed by atoms with van der Waals surface area (Å²) in [5.74, 6) is -0.0163. The van der Waals surface area contributed by atoms with Crippen LogP contribution in [0.1, 0.15) is 47.3 Å². The van der Waals surface area contributed by atoms with Crippen LogP contribution >= 0.6 is 0 Å². The van der Waals surface area contributed by atoms with Crippen LogP contribution in [-0.2, 0) is 16.2 Å². The number of nitrogens with one attached hydrogen (secondary N) is 3. The molecule has 43 heavy (non-hydrogen) atoms. The summed E-state index contributed by atoms with van der Waals surface area (Å²) in [6.07, 6.45) is 5.00. The molecule has 6 rings (SSSR count). The normalized spacial score (nSPS) is 18.9. The Morgan fingerprint density at radius 3 is 2.77 bits per heavy atom. The number of hydrogen-bond donors (Lipinski definition) is 3. The molecule has 2 aromatic heterocycles. The first-order valence-corrected chi connectivity index (χ1v) is 14.6. The van der Waals surface area contributed by atoms with Crippen molar-refractivity contribution in [3.8, 4) is 17.0 Å². The van der Waals surface area contributed by atoms with Gasteiger partial charge in [0.05, 0.1) is 25.3 Å². The zero-order chi connectivity index (χ0) is 29.9. The Hall–Kier alpha value is -4.35. The van der Waals surface area contributed by atoms with Gasteiger partial charge in [-0.3, -0.25) is 29.4 Å². The number of hydroxylamine groups is 1. The molecule has 3 N–H and O–H groups in total. The molecule has 1 unspecified atom stereocenters. The molecule has 11 heteroatoms. The van der Waals surface area contributed by atoms with Crippen molar-refractivity contribution in [3.63, 3.8) is 0 Å². The van der Waals surface area contributed by atoms with E-state index in [4.69, 9.17) is 9.57 Å². The summed E-state index contributed by atoms with van der Waals surface area (Å²) in [7, 11) is 1.49. The number of fused-ring (bicyclic) bond motifs is 1. The highest BCUT2D eigenvalue weighted by molar-refractivity contribution is 6.01. The van der Waals surface area contributed by atoms with E-state index >= 15 is 0 Å². The summed E-state index contributed by atoms with van der Waals surface area (Å²) in [5, 5.41) is 11.5. The quantitative estimate of drug-likeness (QED) is 0.237. The molecular weight excluding hydrogens is 551 g/mol. The van der Waals surface area contributed by atoms with E-state index in [9.17, 15) is 14.0 Å². The lowest BCUT2D eigenvalue weighted by Gasteiger charge is -2.39. The summed E-state index contributed by atoms with van der Waals surface area (Å²) in [6, 6.07) is 13.1. The number of aryl methyl sites for hydroxylation is 1. The summed E-state index contributed by atoms with van der Waals surface area (Å²) >= 11 is 0. The van der Waals surface area contributed by atoms with Crippen LogP contribution in [0.5, 0.6) is 5.75 Å². The number of carbonyl (C=O) groups is 2. The molecule has 2 fully saturated rings. The Labute approximate surface area is 248 Å². The molecule has 1 aliphatic heterocycles. The number of pyridine rings is 1. The number of ether oxygens (including phenoxy) is 1. The molecule has 1 saturated heterocycles. The van der Waals surface area contributed by atoms with E-state index in [0.717, 1.165) is 40.7 Å². The van der Waals surface area contributed by atoms with Gasteiger partial charge in [-0.05, 0) is 81.0 Å². The van der Waals surface area contributed by atoms with E-state index < -0.39 is 11.9 Å². The molecule has 2 atom stereocenters. The second-order valence-electron chi connectivity index (χ2n) is 11.4. The zero-order valence-electron chi connectivity index (χ0n) is 24.2. The SMILES string of the molecule is COc1cccc(F)c1CN1CC(NC(=O)c2ccc3[nH]nc(-c4ccnc(C)c4)c3c2)CC[C@H]1C(=O)NOCC1CC1. The summed E-state index contributed by atoms with van der Waals surface area (Å²) < 4.78 is 20.3. The molecule has 4 aromatic rings. The van der Waals surface area contributed by atoms with Gasteiger partial charge < -0.3 is 10.1 Å². The van der Waals surface area contributed by atoms with Crippen molar-refractivity contribution in [1.82, 2.24) is 30.9 Å². The highest BCUT2D eigenvalue weighted by Gasteiger charge is 2.35. The van der Waals surface area contributed by atoms with E-state index in [-0.39, 0.29) is 24.4 Å². The molecule has 2 aliphatic rings. The molecule has 1 aliphatic carbocycles. The number of aromatic amines is 1. The van der Waals surface area contributed by atoms with Crippen molar-refractivity contribution >= 4 is 22.7 Å². The maximum Gasteiger partial charge on any atom is 0.260 e. The fourth-order valence-corrected chi connectivity index (χ4v) is 5.64. The minimum absolute atomic E-state index is 0.138. The van der Waals surface area contributed by atoms with E-state index in [1.165, 1.54) is 13.2 Å². The number of methoxy groups -OCH3 is 1. The van der Waals surface area contributed by atoms with E-state index in [2.05, 4.69) is 26.0 Å². The van der Waals surface area contributed by atoms with Crippen LogP contribution in [0.15, 0.2) is 54.7 Å². The van der Waals surface area contributed by atoms with Gasteiger partial charge in [0.1, 0.15) is 17.3 Å². The minimum Gasteiger partial charge on any atom is -0.496 e. The summed E-state index contributed by atoms with van der Waals surface area (Å²) in [4.78, 5) is 38.2. The third kappa shape index (κ3) is 6.52. The summed E-state index contributed by atoms with van der Waals surface area (Å²) in [5.41, 5.74) is 6.80. The van der Waals surface area contributed by atoms with Gasteiger partial charge in [-0.25, -0.2) is 9.87 Å². The zero-order valence-corrected chi connectivity index (χ0v) is 24.2. The second kappa shape index (κ2) is 12.5. The lowest BCUT2D eigenvalue weighted by Crippen LogP contribution is -2.56. The van der Waals surface area contributed by atoms with Crippen LogP contribution in [-0.4, -0.2) is 64.2 Å². The Bertz CT molecular complexity index is 1640. The average molecular weight is 587 g/mol. The van der Waals surface area contributed by atoms with Crippen molar-refractivity contribution in [1.29, 1.82) is 0 Å². The fourth-order valence-electron chi connectivity index (χ4n) is 5.64. The van der Waals surface area contributed by atoms with Crippen LogP contribution in [0.4, 0.5) is 4.39 Å². The van der Waals surface area contributed by atoms with Gasteiger partial charge in [-0.15, -0.1) is 0 Å². The highest BCUT2D eigenvalue weighted by Crippen LogP contribution is 2.30. The number of benzene rings is 2. The first kappa shape index (κ1) is 28.8. The van der Waals surface area contributed by atoms with Crippen LogP contribution in [0, 0.1) is 18.7 Å². The predicted octanol–water partition coefficient (Wildman–Crippen LogP) is 4.30. The molecule has 0 bridgehead atoms. The fraction of sp³-hybridized carbons (Fsp3) is 0.375. The van der Waals surface area contributed by atoms with Gasteiger partial charge >= 0.3 is 0 Å². The monoisotopic (exact) mass is 586 g/mol. The number of halogens is 1. The second-order valence-corrected chi connectivity index (χ2v) is 11.4. The van der Waals surface area contributed by atoms with Crippen molar-refractivity contribution in [2.24, 2.45) is 5.92 Å². The molecule has 1 saturated carbocycles. The molecule has 224 valence electrons. The standard InChI is InChI=1S/C32H35FN6O4/c1-19-14-21(12-13-34-19)30-24-15-22(8-10-27(24)36-37-30)31(40)35-23-9-11-28(32(41)38-43-18-20-6-7-20)39(16-23)17-25-26(33)4-3-5-29(25)42-2/h3-5,8,10,12-15,20,23,28H,6-7,9,11,16-18H2,1-2H3,(H,35,40)(H,36,37)(H,38,41)/t23?,28-/m0/s1. The lowest BCUT2D eigenvalue weighted by molar-refractivity contribution is -0.141. The average Bonchev–Trinajstić information content (AvgIpc) is 3.73. The minimum atomic E-state index is -0.551. The first-order chi connectivity index (χ1) is 20.9. The largest absolute Gasteiger partial charge is 0.496 e. The smallest absolute Gasteiger partial charge is 0.260 e. The number of likely N-dealkylation sites (tertiary alicyclic amines) is 1. The first-order valence-electron chi connectivity index (χ1n) is 14.6. The van der Waals surface area contributed by atoms with Gasteiger partial charge in [-0.1, -0.05) is 6.07 Å². The Balaban J connectivity index is 1.19. The Morgan fingerprint density at radius 1 is 1.12 bits per heavy atom. The number of rotatable bonds is 10. The molecule has 0 radical (unpaired) electrons. The van der Waals surface area contributed by atoms with E-state index in [1.54, 1.807) is 24.4 Å². The summed E-state index contributed by atoms with van der Waals surface area (Å²) in [6.45, 7) is 2.89. The number of aromatic nitrogens is 3. The number of hydrogen-bond acceptors (Lipinski definition) is 7. The Morgan fingerprint density at radius 2 is 1.98 bits per heavy atom. The maximum absolute atomic E-state index is 14.9. The van der Waals surface area contributed by atoms with Gasteiger partial charge in [-0.2, -0.15) is 5.10 Å². The van der Waals surface area contributed by atoms with Crippen molar-refractivity contribution in [3.05, 3.63) is 77.4 Å². The van der Waals surface area contributed by atoms with Crippen molar-refractivity contribution in [2.45, 2.75) is 51.2 Å². The van der Waals surface area contributed by atoms with Crippen molar-refractivity contribution in [2.75, 3.05) is 20.3 Å². The molecular formula is C32H35FN6O4. The Kier molecular flexibility index (Phi) is 8.35. The van der Waals surface area contributed by atoms with Crippen molar-refractivity contribution < 1.29 is 23.6 Å². The van der Waals surface area contributed by atoms with Crippen LogP contribution in [0.3, 0.4) is 0 Å². The van der Waals surface area contributed by atoms with Crippen LogP contribution in [0.2, 0.25) is 0 Å². The number of nitrogens with zero attached hydrogens (tertiary/aromatic N) is 3. The van der Waals surface area contributed by atoms with Gasteiger partial charge in [0, 0.05) is 53.1 Å². The van der Waals surface area contributed by atoms with E-state index in [0.29, 0.717) is 48.8 Å². The van der Waals surface area contributed by atoms with Gasteiger partial charge in [0.2, 0.25) is 0 Å². The van der Waals surface area contributed by atoms with E-state index in [1.807, 2.05) is 36.1 Å². The highest BCUT2D eigenvalue weighted by atomic mass is 19.1. The van der Waals surface area contributed by atoms with Crippen LogP contribution < -0.4 is 15.5 Å².